The van der Waals surface area contributed by atoms with E-state index in [1.807, 2.05) is 13.8 Å². The van der Waals surface area contributed by atoms with E-state index >= 15 is 0 Å². The fraction of sp³-hybridized carbons (Fsp3) is 0.773. The molecule has 12 nitrogen and oxygen atoms in total. The van der Waals surface area contributed by atoms with Crippen LogP contribution >= 0.6 is 0 Å². The Balaban J connectivity index is 5.45. The second-order valence-electron chi connectivity index (χ2n) is 9.22. The maximum atomic E-state index is 13.0. The van der Waals surface area contributed by atoms with Crippen LogP contribution in [-0.4, -0.2) is 65.4 Å². The normalized spacial score (nSPS) is 14.7. The number of amides is 4. The van der Waals surface area contributed by atoms with E-state index in [0.29, 0.717) is 25.8 Å². The molecule has 0 rings (SSSR count). The molecule has 0 bridgehead atoms. The van der Waals surface area contributed by atoms with Gasteiger partial charge >= 0.3 is 5.97 Å². The summed E-state index contributed by atoms with van der Waals surface area (Å²) in [5.41, 5.74) is 16.5. The maximum Gasteiger partial charge on any atom is 0.326 e. The summed E-state index contributed by atoms with van der Waals surface area (Å²) in [5, 5.41) is 17.0. The van der Waals surface area contributed by atoms with Crippen molar-refractivity contribution in [3.63, 3.8) is 0 Å². The van der Waals surface area contributed by atoms with Crippen LogP contribution in [0.5, 0.6) is 0 Å². The van der Waals surface area contributed by atoms with E-state index in [-0.39, 0.29) is 31.1 Å². The molecule has 0 aromatic rings. The first-order chi connectivity index (χ1) is 15.8. The lowest BCUT2D eigenvalue weighted by Gasteiger charge is -2.27. The topological polar surface area (TPSA) is 220 Å². The molecule has 196 valence electrons. The number of nitrogens with two attached hydrogens (primary N) is 3. The van der Waals surface area contributed by atoms with Crippen molar-refractivity contribution >= 4 is 29.6 Å². The zero-order valence-corrected chi connectivity index (χ0v) is 20.6. The van der Waals surface area contributed by atoms with Crippen LogP contribution in [0, 0.1) is 11.8 Å². The van der Waals surface area contributed by atoms with Crippen LogP contribution < -0.4 is 33.2 Å². The smallest absolute Gasteiger partial charge is 0.326 e. The summed E-state index contributed by atoms with van der Waals surface area (Å²) in [6.45, 7) is 7.66. The minimum atomic E-state index is -1.23. The van der Waals surface area contributed by atoms with Gasteiger partial charge in [-0.05, 0) is 50.5 Å². The van der Waals surface area contributed by atoms with Crippen LogP contribution in [0.15, 0.2) is 0 Å². The molecule has 0 saturated heterocycles. The first kappa shape index (κ1) is 31.3. The summed E-state index contributed by atoms with van der Waals surface area (Å²) in [5.74, 6) is -3.97. The molecule has 4 unspecified atom stereocenters. The quantitative estimate of drug-likeness (QED) is 0.125. The van der Waals surface area contributed by atoms with Gasteiger partial charge in [-0.15, -0.1) is 0 Å². The highest BCUT2D eigenvalue weighted by atomic mass is 16.4. The van der Waals surface area contributed by atoms with Gasteiger partial charge in [-0.25, -0.2) is 4.79 Å². The number of hydrogen-bond acceptors (Lipinski definition) is 7. The SMILES string of the molecule is CC(C)CC(N)C(=O)NC(C(=O)NC(CCC(N)=O)C(=O)NC(CCCCN)C(=O)O)C(C)C. The molecule has 0 heterocycles. The van der Waals surface area contributed by atoms with Crippen molar-refractivity contribution < 1.29 is 29.1 Å². The van der Waals surface area contributed by atoms with Crippen molar-refractivity contribution in [1.82, 2.24) is 16.0 Å². The Morgan fingerprint density at radius 3 is 1.88 bits per heavy atom. The molecule has 10 N–H and O–H groups in total. The second kappa shape index (κ2) is 16.0. The molecule has 0 aromatic carbocycles. The molecule has 0 aromatic heterocycles. The zero-order chi connectivity index (χ0) is 26.4. The molecule has 34 heavy (non-hydrogen) atoms. The van der Waals surface area contributed by atoms with Gasteiger partial charge in [-0.2, -0.15) is 0 Å². The average Bonchev–Trinajstić information content (AvgIpc) is 2.72. The predicted octanol–water partition coefficient (Wildman–Crippen LogP) is -1.05. The van der Waals surface area contributed by atoms with Crippen LogP contribution in [-0.2, 0) is 24.0 Å². The number of carbonyl (C=O) groups is 5. The van der Waals surface area contributed by atoms with Crippen molar-refractivity contribution in [3.05, 3.63) is 0 Å². The predicted molar refractivity (Wildman–Crippen MR) is 127 cm³/mol. The number of carbonyl (C=O) groups excluding carboxylic acids is 4. The van der Waals surface area contributed by atoms with Gasteiger partial charge in [0.2, 0.25) is 23.6 Å². The second-order valence-corrected chi connectivity index (χ2v) is 9.22. The lowest BCUT2D eigenvalue weighted by atomic mass is 9.99. The number of unbranched alkanes of at least 4 members (excludes halogenated alkanes) is 1. The highest BCUT2D eigenvalue weighted by Crippen LogP contribution is 2.09. The van der Waals surface area contributed by atoms with Gasteiger partial charge in [0, 0.05) is 6.42 Å². The molecular formula is C22H42N6O6. The Labute approximate surface area is 201 Å². The van der Waals surface area contributed by atoms with Gasteiger partial charge in [-0.1, -0.05) is 27.7 Å². The van der Waals surface area contributed by atoms with E-state index in [2.05, 4.69) is 16.0 Å². The van der Waals surface area contributed by atoms with E-state index in [1.165, 1.54) is 0 Å². The number of rotatable bonds is 17. The number of primary amides is 1. The lowest BCUT2D eigenvalue weighted by molar-refractivity contribution is -0.142. The third-order valence-electron chi connectivity index (χ3n) is 5.18. The number of aliphatic carboxylic acids is 1. The zero-order valence-electron chi connectivity index (χ0n) is 20.6. The number of hydrogen-bond donors (Lipinski definition) is 7. The Hall–Kier alpha value is -2.73. The molecule has 4 atom stereocenters. The van der Waals surface area contributed by atoms with Gasteiger partial charge in [0.15, 0.2) is 0 Å². The van der Waals surface area contributed by atoms with Gasteiger partial charge in [-0.3, -0.25) is 19.2 Å². The van der Waals surface area contributed by atoms with Crippen molar-refractivity contribution in [2.75, 3.05) is 6.54 Å². The molecule has 0 saturated carbocycles. The average molecular weight is 487 g/mol. The lowest BCUT2D eigenvalue weighted by Crippen LogP contribution is -2.58. The summed E-state index contributed by atoms with van der Waals surface area (Å²) in [6.07, 6.45) is 1.34. The van der Waals surface area contributed by atoms with Gasteiger partial charge in [0.1, 0.15) is 18.1 Å². The third kappa shape index (κ3) is 12.5. The number of carboxylic acids is 1. The Morgan fingerprint density at radius 1 is 0.824 bits per heavy atom. The highest BCUT2D eigenvalue weighted by molar-refractivity contribution is 5.94. The molecule has 0 aliphatic carbocycles. The molecule has 0 spiro atoms. The largest absolute Gasteiger partial charge is 0.480 e. The van der Waals surface area contributed by atoms with Gasteiger partial charge < -0.3 is 38.3 Å². The van der Waals surface area contributed by atoms with Crippen molar-refractivity contribution in [1.29, 1.82) is 0 Å². The van der Waals surface area contributed by atoms with E-state index < -0.39 is 53.8 Å². The summed E-state index contributed by atoms with van der Waals surface area (Å²) in [7, 11) is 0. The highest BCUT2D eigenvalue weighted by Gasteiger charge is 2.31. The summed E-state index contributed by atoms with van der Waals surface area (Å²) >= 11 is 0. The van der Waals surface area contributed by atoms with Gasteiger partial charge in [0.25, 0.3) is 0 Å². The van der Waals surface area contributed by atoms with Crippen molar-refractivity contribution in [2.24, 2.45) is 29.0 Å². The minimum Gasteiger partial charge on any atom is -0.480 e. The monoisotopic (exact) mass is 486 g/mol. The van der Waals surface area contributed by atoms with Crippen molar-refractivity contribution in [2.45, 2.75) is 90.4 Å². The van der Waals surface area contributed by atoms with Gasteiger partial charge in [0.05, 0.1) is 6.04 Å². The van der Waals surface area contributed by atoms with Crippen LogP contribution in [0.1, 0.15) is 66.2 Å². The molecule has 0 fully saturated rings. The van der Waals surface area contributed by atoms with Crippen LogP contribution in [0.2, 0.25) is 0 Å². The number of carboxylic acid groups (broad SMARTS) is 1. The first-order valence-electron chi connectivity index (χ1n) is 11.7. The Kier molecular flexibility index (Phi) is 14.7. The van der Waals surface area contributed by atoms with Crippen LogP contribution in [0.4, 0.5) is 0 Å². The molecular weight excluding hydrogens is 444 g/mol. The van der Waals surface area contributed by atoms with E-state index in [9.17, 15) is 29.1 Å². The maximum absolute atomic E-state index is 13.0. The molecule has 12 heteroatoms. The summed E-state index contributed by atoms with van der Waals surface area (Å²) in [4.78, 5) is 61.0. The Morgan fingerprint density at radius 2 is 1.41 bits per heavy atom. The molecule has 0 radical (unpaired) electrons. The molecule has 4 amide bonds. The summed E-state index contributed by atoms with van der Waals surface area (Å²) < 4.78 is 0. The summed E-state index contributed by atoms with van der Waals surface area (Å²) in [6, 6.07) is -4.19. The number of nitrogens with one attached hydrogen (secondary N) is 3. The molecule has 0 aliphatic heterocycles. The minimum absolute atomic E-state index is 0.131. The third-order valence-corrected chi connectivity index (χ3v) is 5.18. The van der Waals surface area contributed by atoms with Crippen LogP contribution in [0.25, 0.3) is 0 Å². The fourth-order valence-electron chi connectivity index (χ4n) is 3.25. The van der Waals surface area contributed by atoms with E-state index in [0.717, 1.165) is 0 Å². The van der Waals surface area contributed by atoms with E-state index in [1.54, 1.807) is 13.8 Å². The van der Waals surface area contributed by atoms with Crippen molar-refractivity contribution in [3.8, 4) is 0 Å². The van der Waals surface area contributed by atoms with E-state index in [4.69, 9.17) is 17.2 Å². The Bertz CT molecular complexity index is 699. The fourth-order valence-corrected chi connectivity index (χ4v) is 3.25. The van der Waals surface area contributed by atoms with Crippen LogP contribution in [0.3, 0.4) is 0 Å². The molecule has 0 aliphatic rings. The standard InChI is InChI=1S/C22H42N6O6/c1-12(2)11-14(24)19(30)28-18(13(3)4)21(32)26-15(8-9-17(25)29)20(31)27-16(22(33)34)7-5-6-10-23/h12-16,18H,5-11,23-24H2,1-4H3,(H2,25,29)(H,26,32)(H,27,31)(H,28,30)(H,33,34). The first-order valence-corrected chi connectivity index (χ1v) is 11.7.